The van der Waals surface area contributed by atoms with Crippen LogP contribution in [0.1, 0.15) is 13.8 Å². The minimum atomic E-state index is -0.348. The third kappa shape index (κ3) is 4.22. The van der Waals surface area contributed by atoms with E-state index < -0.39 is 0 Å². The Hall–Kier alpha value is -1.91. The van der Waals surface area contributed by atoms with Gasteiger partial charge in [0.1, 0.15) is 5.82 Å². The first-order chi connectivity index (χ1) is 8.00. The predicted octanol–water partition coefficient (Wildman–Crippen LogP) is 1.31. The van der Waals surface area contributed by atoms with Gasteiger partial charge in [-0.15, -0.1) is 0 Å². The second kappa shape index (κ2) is 5.98. The van der Waals surface area contributed by atoms with E-state index in [1.54, 1.807) is 0 Å². The zero-order valence-corrected chi connectivity index (χ0v) is 9.87. The largest absolute Gasteiger partial charge is 0.355 e. The normalized spacial score (nSPS) is 9.82. The van der Waals surface area contributed by atoms with Gasteiger partial charge in [-0.2, -0.15) is 0 Å². The molecule has 0 aliphatic heterocycles. The summed E-state index contributed by atoms with van der Waals surface area (Å²) in [5.74, 6) is -0.645. The molecule has 0 aromatic heterocycles. The number of carbonyl (C=O) groups is 2. The number of carbonyl (C=O) groups excluding carboxylic acids is 2. The average Bonchev–Trinajstić information content (AvgIpc) is 2.25. The summed E-state index contributed by atoms with van der Waals surface area (Å²) in [6.45, 7) is 3.57. The van der Waals surface area contributed by atoms with Crippen molar-refractivity contribution in [3.8, 4) is 0 Å². The van der Waals surface area contributed by atoms with E-state index in [1.165, 1.54) is 43.0 Å². The Morgan fingerprint density at radius 2 is 1.82 bits per heavy atom. The standard InChI is InChI=1S/C12H15FN2O2/c1-9(16)14-7-8-15(10(2)17)12-5-3-11(13)4-6-12/h3-6H,7-8H2,1-2H3,(H,14,16). The van der Waals surface area contributed by atoms with Gasteiger partial charge in [0.2, 0.25) is 11.8 Å². The second-order valence-electron chi connectivity index (χ2n) is 3.63. The summed E-state index contributed by atoms with van der Waals surface area (Å²) in [6, 6.07) is 5.66. The highest BCUT2D eigenvalue weighted by Gasteiger charge is 2.10. The first kappa shape index (κ1) is 13.2. The molecule has 0 spiro atoms. The van der Waals surface area contributed by atoms with Crippen LogP contribution in [0.2, 0.25) is 0 Å². The fourth-order valence-electron chi connectivity index (χ4n) is 1.43. The van der Waals surface area contributed by atoms with E-state index in [0.29, 0.717) is 18.8 Å². The number of halogens is 1. The van der Waals surface area contributed by atoms with E-state index >= 15 is 0 Å². The van der Waals surface area contributed by atoms with Gasteiger partial charge in [0, 0.05) is 32.6 Å². The van der Waals surface area contributed by atoms with Crippen LogP contribution in [-0.2, 0) is 9.59 Å². The van der Waals surface area contributed by atoms with E-state index in [9.17, 15) is 14.0 Å². The lowest BCUT2D eigenvalue weighted by Crippen LogP contribution is -2.36. The van der Waals surface area contributed by atoms with E-state index in [0.717, 1.165) is 0 Å². The van der Waals surface area contributed by atoms with Crippen molar-refractivity contribution >= 4 is 17.5 Å². The molecule has 17 heavy (non-hydrogen) atoms. The van der Waals surface area contributed by atoms with E-state index in [4.69, 9.17) is 0 Å². The lowest BCUT2D eigenvalue weighted by molar-refractivity contribution is -0.119. The molecule has 4 nitrogen and oxygen atoms in total. The highest BCUT2D eigenvalue weighted by atomic mass is 19.1. The molecule has 1 N–H and O–H groups in total. The fraction of sp³-hybridized carbons (Fsp3) is 0.333. The van der Waals surface area contributed by atoms with E-state index in [2.05, 4.69) is 5.32 Å². The van der Waals surface area contributed by atoms with Gasteiger partial charge >= 0.3 is 0 Å². The molecule has 0 fully saturated rings. The van der Waals surface area contributed by atoms with Crippen molar-refractivity contribution in [3.05, 3.63) is 30.1 Å². The molecular formula is C12H15FN2O2. The third-order valence-electron chi connectivity index (χ3n) is 2.23. The first-order valence-corrected chi connectivity index (χ1v) is 5.29. The zero-order chi connectivity index (χ0) is 12.8. The fourth-order valence-corrected chi connectivity index (χ4v) is 1.43. The molecule has 0 unspecified atom stereocenters. The van der Waals surface area contributed by atoms with Crippen LogP contribution in [0.15, 0.2) is 24.3 Å². The Morgan fingerprint density at radius 1 is 1.24 bits per heavy atom. The number of amides is 2. The van der Waals surface area contributed by atoms with Crippen molar-refractivity contribution < 1.29 is 14.0 Å². The molecule has 0 aliphatic rings. The minimum absolute atomic E-state index is 0.146. The summed E-state index contributed by atoms with van der Waals surface area (Å²) in [4.78, 5) is 23.6. The van der Waals surface area contributed by atoms with E-state index in [-0.39, 0.29) is 17.6 Å². The average molecular weight is 238 g/mol. The third-order valence-corrected chi connectivity index (χ3v) is 2.23. The molecular weight excluding hydrogens is 223 g/mol. The van der Waals surface area contributed by atoms with Crippen molar-refractivity contribution in [2.75, 3.05) is 18.0 Å². The van der Waals surface area contributed by atoms with Crippen molar-refractivity contribution in [1.82, 2.24) is 5.32 Å². The molecule has 0 saturated heterocycles. The van der Waals surface area contributed by atoms with Gasteiger partial charge in [-0.05, 0) is 24.3 Å². The zero-order valence-electron chi connectivity index (χ0n) is 9.87. The topological polar surface area (TPSA) is 49.4 Å². The molecule has 5 heteroatoms. The molecule has 0 bridgehead atoms. The molecule has 1 aromatic carbocycles. The number of anilines is 1. The van der Waals surface area contributed by atoms with Crippen LogP contribution in [0.5, 0.6) is 0 Å². The maximum absolute atomic E-state index is 12.7. The maximum atomic E-state index is 12.7. The molecule has 0 radical (unpaired) electrons. The Bertz CT molecular complexity index is 403. The van der Waals surface area contributed by atoms with Crippen LogP contribution in [0.4, 0.5) is 10.1 Å². The summed E-state index contributed by atoms with van der Waals surface area (Å²) in [5, 5.41) is 2.61. The van der Waals surface area contributed by atoms with Gasteiger partial charge in [-0.25, -0.2) is 4.39 Å². The monoisotopic (exact) mass is 238 g/mol. The molecule has 1 rings (SSSR count). The van der Waals surface area contributed by atoms with Gasteiger partial charge in [0.15, 0.2) is 0 Å². The Labute approximate surface area is 99.4 Å². The number of hydrogen-bond acceptors (Lipinski definition) is 2. The van der Waals surface area contributed by atoms with Gasteiger partial charge < -0.3 is 10.2 Å². The van der Waals surface area contributed by atoms with Crippen LogP contribution in [-0.4, -0.2) is 24.9 Å². The molecule has 0 aliphatic carbocycles. The summed E-state index contributed by atoms with van der Waals surface area (Å²) in [6.07, 6.45) is 0. The van der Waals surface area contributed by atoms with Crippen LogP contribution < -0.4 is 10.2 Å². The summed E-state index contributed by atoms with van der Waals surface area (Å²) >= 11 is 0. The molecule has 0 heterocycles. The number of benzene rings is 1. The van der Waals surface area contributed by atoms with Crippen molar-refractivity contribution in [1.29, 1.82) is 0 Å². The Balaban J connectivity index is 2.69. The van der Waals surface area contributed by atoms with Crippen LogP contribution in [0.25, 0.3) is 0 Å². The maximum Gasteiger partial charge on any atom is 0.223 e. The molecule has 1 aromatic rings. The summed E-state index contributed by atoms with van der Waals surface area (Å²) in [7, 11) is 0. The van der Waals surface area contributed by atoms with Crippen LogP contribution in [0.3, 0.4) is 0 Å². The van der Waals surface area contributed by atoms with Crippen molar-refractivity contribution in [3.63, 3.8) is 0 Å². The molecule has 0 saturated carbocycles. The Kier molecular flexibility index (Phi) is 4.63. The predicted molar refractivity (Wildman–Crippen MR) is 63.1 cm³/mol. The minimum Gasteiger partial charge on any atom is -0.355 e. The summed E-state index contributed by atoms with van der Waals surface area (Å²) < 4.78 is 12.7. The Morgan fingerprint density at radius 3 is 2.29 bits per heavy atom. The lowest BCUT2D eigenvalue weighted by Gasteiger charge is -2.21. The number of nitrogens with one attached hydrogen (secondary N) is 1. The van der Waals surface area contributed by atoms with Crippen LogP contribution in [0, 0.1) is 5.82 Å². The van der Waals surface area contributed by atoms with Crippen molar-refractivity contribution in [2.45, 2.75) is 13.8 Å². The lowest BCUT2D eigenvalue weighted by atomic mass is 10.2. The second-order valence-corrected chi connectivity index (χ2v) is 3.63. The number of hydrogen-bond donors (Lipinski definition) is 1. The highest BCUT2D eigenvalue weighted by molar-refractivity contribution is 5.91. The van der Waals surface area contributed by atoms with Crippen LogP contribution >= 0.6 is 0 Å². The van der Waals surface area contributed by atoms with Gasteiger partial charge in [-0.3, -0.25) is 9.59 Å². The highest BCUT2D eigenvalue weighted by Crippen LogP contribution is 2.14. The van der Waals surface area contributed by atoms with Gasteiger partial charge in [-0.1, -0.05) is 0 Å². The number of rotatable bonds is 4. The smallest absolute Gasteiger partial charge is 0.223 e. The SMILES string of the molecule is CC(=O)NCCN(C(C)=O)c1ccc(F)cc1. The van der Waals surface area contributed by atoms with Crippen molar-refractivity contribution in [2.24, 2.45) is 0 Å². The molecule has 92 valence electrons. The number of nitrogens with zero attached hydrogens (tertiary/aromatic N) is 1. The van der Waals surface area contributed by atoms with Gasteiger partial charge in [0.25, 0.3) is 0 Å². The summed E-state index contributed by atoms with van der Waals surface area (Å²) in [5.41, 5.74) is 0.615. The quantitative estimate of drug-likeness (QED) is 0.860. The first-order valence-electron chi connectivity index (χ1n) is 5.29. The van der Waals surface area contributed by atoms with Gasteiger partial charge in [0.05, 0.1) is 0 Å². The molecule has 2 amide bonds. The van der Waals surface area contributed by atoms with E-state index in [1.807, 2.05) is 0 Å². The molecule has 0 atom stereocenters.